The molecule has 4 heteroatoms. The highest BCUT2D eigenvalue weighted by molar-refractivity contribution is 5.86. The zero-order chi connectivity index (χ0) is 12.3. The molecule has 2 aliphatic rings. The summed E-state index contributed by atoms with van der Waals surface area (Å²) >= 11 is 0. The highest BCUT2D eigenvalue weighted by Crippen LogP contribution is 2.30. The summed E-state index contributed by atoms with van der Waals surface area (Å²) in [5, 5.41) is 3.05. The lowest BCUT2D eigenvalue weighted by molar-refractivity contribution is -0.130. The van der Waals surface area contributed by atoms with Crippen LogP contribution < -0.4 is 11.1 Å². The van der Waals surface area contributed by atoms with Gasteiger partial charge in [-0.2, -0.15) is 0 Å². The van der Waals surface area contributed by atoms with E-state index in [2.05, 4.69) is 12.2 Å². The summed E-state index contributed by atoms with van der Waals surface area (Å²) in [7, 11) is 0. The first-order chi connectivity index (χ1) is 8.12. The predicted molar refractivity (Wildman–Crippen MR) is 66.5 cm³/mol. The van der Waals surface area contributed by atoms with E-state index < -0.39 is 5.54 Å². The smallest absolute Gasteiger partial charge is 0.240 e. The lowest BCUT2D eigenvalue weighted by Crippen LogP contribution is -2.57. The van der Waals surface area contributed by atoms with E-state index in [1.54, 1.807) is 0 Å². The number of amides is 1. The van der Waals surface area contributed by atoms with Crippen molar-refractivity contribution in [3.05, 3.63) is 0 Å². The molecule has 0 aromatic rings. The Morgan fingerprint density at radius 2 is 2.12 bits per heavy atom. The van der Waals surface area contributed by atoms with Gasteiger partial charge in [-0.3, -0.25) is 4.79 Å². The average Bonchev–Trinajstić information content (AvgIpc) is 2.73. The van der Waals surface area contributed by atoms with Gasteiger partial charge in [-0.1, -0.05) is 19.8 Å². The van der Waals surface area contributed by atoms with Gasteiger partial charge in [-0.05, 0) is 31.1 Å². The number of nitrogens with one attached hydrogen (secondary N) is 1. The van der Waals surface area contributed by atoms with Gasteiger partial charge in [0.05, 0.1) is 5.54 Å². The molecule has 2 rings (SSSR count). The van der Waals surface area contributed by atoms with Crippen LogP contribution in [-0.4, -0.2) is 31.2 Å². The third-order valence-electron chi connectivity index (χ3n) is 4.40. The molecule has 2 unspecified atom stereocenters. The van der Waals surface area contributed by atoms with Crippen LogP contribution in [0.15, 0.2) is 0 Å². The number of ether oxygens (including phenoxy) is 1. The van der Waals surface area contributed by atoms with Crippen molar-refractivity contribution in [2.75, 3.05) is 19.8 Å². The maximum atomic E-state index is 12.1. The summed E-state index contributed by atoms with van der Waals surface area (Å²) in [5.74, 6) is 1.39. The quantitative estimate of drug-likeness (QED) is 0.775. The fourth-order valence-electron chi connectivity index (χ4n) is 2.89. The van der Waals surface area contributed by atoms with Gasteiger partial charge in [0, 0.05) is 19.8 Å². The van der Waals surface area contributed by atoms with Crippen molar-refractivity contribution in [1.82, 2.24) is 5.32 Å². The largest absolute Gasteiger partial charge is 0.381 e. The van der Waals surface area contributed by atoms with Crippen LogP contribution in [0.1, 0.15) is 39.0 Å². The summed E-state index contributed by atoms with van der Waals surface area (Å²) in [6, 6.07) is 0. The van der Waals surface area contributed by atoms with E-state index in [4.69, 9.17) is 10.5 Å². The molecule has 0 aromatic carbocycles. The monoisotopic (exact) mass is 240 g/mol. The Labute approximate surface area is 103 Å². The van der Waals surface area contributed by atoms with Crippen LogP contribution in [0, 0.1) is 11.8 Å². The first-order valence-electron chi connectivity index (χ1n) is 6.77. The number of hydrogen-bond donors (Lipinski definition) is 2. The van der Waals surface area contributed by atoms with Crippen LogP contribution in [0.5, 0.6) is 0 Å². The first-order valence-corrected chi connectivity index (χ1v) is 6.77. The Kier molecular flexibility index (Phi) is 4.05. The number of nitrogens with two attached hydrogens (primary N) is 1. The van der Waals surface area contributed by atoms with Crippen LogP contribution in [0.25, 0.3) is 0 Å². The van der Waals surface area contributed by atoms with Gasteiger partial charge in [0.2, 0.25) is 5.91 Å². The molecule has 0 aromatic heterocycles. The van der Waals surface area contributed by atoms with E-state index in [1.807, 2.05) is 0 Å². The highest BCUT2D eigenvalue weighted by atomic mass is 16.5. The Morgan fingerprint density at radius 3 is 2.71 bits per heavy atom. The summed E-state index contributed by atoms with van der Waals surface area (Å²) in [6.07, 6.45) is 5.10. The van der Waals surface area contributed by atoms with Crippen molar-refractivity contribution in [2.45, 2.75) is 44.6 Å². The zero-order valence-corrected chi connectivity index (χ0v) is 10.7. The van der Waals surface area contributed by atoms with E-state index in [0.29, 0.717) is 32.0 Å². The normalized spacial score (nSPS) is 32.4. The van der Waals surface area contributed by atoms with Gasteiger partial charge in [0.1, 0.15) is 0 Å². The van der Waals surface area contributed by atoms with Crippen molar-refractivity contribution >= 4 is 5.91 Å². The fraction of sp³-hybridized carbons (Fsp3) is 0.923. The van der Waals surface area contributed by atoms with E-state index in [0.717, 1.165) is 12.5 Å². The van der Waals surface area contributed by atoms with Crippen LogP contribution >= 0.6 is 0 Å². The Hall–Kier alpha value is -0.610. The lowest BCUT2D eigenvalue weighted by Gasteiger charge is -2.32. The SMILES string of the molecule is CC1CCCC1CNC(=O)C1(N)CCOCC1. The highest BCUT2D eigenvalue weighted by Gasteiger charge is 2.36. The van der Waals surface area contributed by atoms with Crippen molar-refractivity contribution in [3.63, 3.8) is 0 Å². The number of rotatable bonds is 3. The maximum absolute atomic E-state index is 12.1. The van der Waals surface area contributed by atoms with Crippen molar-refractivity contribution < 1.29 is 9.53 Å². The number of carbonyl (C=O) groups is 1. The topological polar surface area (TPSA) is 64.4 Å². The molecule has 2 fully saturated rings. The van der Waals surface area contributed by atoms with Gasteiger partial charge in [0.25, 0.3) is 0 Å². The van der Waals surface area contributed by atoms with Gasteiger partial charge >= 0.3 is 0 Å². The molecule has 2 atom stereocenters. The van der Waals surface area contributed by atoms with Gasteiger partial charge in [-0.25, -0.2) is 0 Å². The first kappa shape index (κ1) is 12.8. The molecule has 0 spiro atoms. The Bertz CT molecular complexity index is 275. The number of hydrogen-bond acceptors (Lipinski definition) is 3. The molecule has 0 radical (unpaired) electrons. The van der Waals surface area contributed by atoms with Crippen LogP contribution in [0.2, 0.25) is 0 Å². The summed E-state index contributed by atoms with van der Waals surface area (Å²) in [5.41, 5.74) is 5.44. The van der Waals surface area contributed by atoms with E-state index >= 15 is 0 Å². The molecule has 1 aliphatic heterocycles. The second-order valence-electron chi connectivity index (χ2n) is 5.65. The van der Waals surface area contributed by atoms with Gasteiger partial charge in [-0.15, -0.1) is 0 Å². The zero-order valence-electron chi connectivity index (χ0n) is 10.7. The predicted octanol–water partition coefficient (Wildman–Crippen LogP) is 1.05. The molecular weight excluding hydrogens is 216 g/mol. The average molecular weight is 240 g/mol. The maximum Gasteiger partial charge on any atom is 0.240 e. The lowest BCUT2D eigenvalue weighted by atomic mass is 9.90. The van der Waals surface area contributed by atoms with E-state index in [1.165, 1.54) is 19.3 Å². The van der Waals surface area contributed by atoms with E-state index in [9.17, 15) is 4.79 Å². The minimum absolute atomic E-state index is 0.0138. The third kappa shape index (κ3) is 2.99. The second-order valence-corrected chi connectivity index (χ2v) is 5.65. The molecule has 1 saturated carbocycles. The Balaban J connectivity index is 1.80. The molecular formula is C13H24N2O2. The fourth-order valence-corrected chi connectivity index (χ4v) is 2.89. The standard InChI is InChI=1S/C13H24N2O2/c1-10-3-2-4-11(10)9-15-12(16)13(14)5-7-17-8-6-13/h10-11H,2-9,14H2,1H3,(H,15,16). The molecule has 0 bridgehead atoms. The minimum atomic E-state index is -0.694. The van der Waals surface area contributed by atoms with Gasteiger partial charge in [0.15, 0.2) is 0 Å². The Morgan fingerprint density at radius 1 is 1.41 bits per heavy atom. The second kappa shape index (κ2) is 5.36. The summed E-state index contributed by atoms with van der Waals surface area (Å²) < 4.78 is 5.25. The van der Waals surface area contributed by atoms with Crippen molar-refractivity contribution in [2.24, 2.45) is 17.6 Å². The number of carbonyl (C=O) groups excluding carboxylic acids is 1. The molecule has 1 aliphatic carbocycles. The molecule has 17 heavy (non-hydrogen) atoms. The van der Waals surface area contributed by atoms with Crippen molar-refractivity contribution in [3.8, 4) is 0 Å². The van der Waals surface area contributed by atoms with Crippen LogP contribution in [0.4, 0.5) is 0 Å². The third-order valence-corrected chi connectivity index (χ3v) is 4.40. The van der Waals surface area contributed by atoms with Crippen LogP contribution in [0.3, 0.4) is 0 Å². The molecule has 1 amide bonds. The molecule has 3 N–H and O–H groups in total. The molecule has 4 nitrogen and oxygen atoms in total. The summed E-state index contributed by atoms with van der Waals surface area (Å²) in [6.45, 7) is 4.27. The summed E-state index contributed by atoms with van der Waals surface area (Å²) in [4.78, 5) is 12.1. The van der Waals surface area contributed by atoms with Crippen LogP contribution in [-0.2, 0) is 9.53 Å². The van der Waals surface area contributed by atoms with E-state index in [-0.39, 0.29) is 5.91 Å². The molecule has 98 valence electrons. The van der Waals surface area contributed by atoms with Crippen molar-refractivity contribution in [1.29, 1.82) is 0 Å². The molecule has 1 heterocycles. The minimum Gasteiger partial charge on any atom is -0.381 e. The molecule has 1 saturated heterocycles. The van der Waals surface area contributed by atoms with Gasteiger partial charge < -0.3 is 15.8 Å².